The molecule has 2 aliphatic rings. The van der Waals surface area contributed by atoms with E-state index in [2.05, 4.69) is 10.3 Å². The molecule has 0 aliphatic carbocycles. The molecule has 0 bridgehead atoms. The fraction of sp³-hybridized carbons (Fsp3) is 0.333. The summed E-state index contributed by atoms with van der Waals surface area (Å²) in [5, 5.41) is 23.1. The molecule has 40 heavy (non-hydrogen) atoms. The lowest BCUT2D eigenvalue weighted by Gasteiger charge is -2.37. The van der Waals surface area contributed by atoms with E-state index >= 15 is 0 Å². The van der Waals surface area contributed by atoms with Crippen LogP contribution >= 0.6 is 11.8 Å². The second-order valence-corrected chi connectivity index (χ2v) is 10.7. The Balaban J connectivity index is 1.40. The predicted molar refractivity (Wildman–Crippen MR) is 138 cm³/mol. The van der Waals surface area contributed by atoms with Gasteiger partial charge in [-0.15, -0.1) is 0 Å². The van der Waals surface area contributed by atoms with Crippen molar-refractivity contribution >= 4 is 23.6 Å². The first kappa shape index (κ1) is 27.7. The molecule has 0 saturated carbocycles. The van der Waals surface area contributed by atoms with Gasteiger partial charge in [-0.05, 0) is 41.0 Å². The summed E-state index contributed by atoms with van der Waals surface area (Å²) in [6.07, 6.45) is -3.16. The number of aromatic nitrogens is 2. The maximum atomic E-state index is 13.5. The molecule has 3 aromatic rings. The topological polar surface area (TPSA) is 125 Å². The molecule has 1 aromatic heterocycles. The van der Waals surface area contributed by atoms with E-state index in [4.69, 9.17) is 0 Å². The van der Waals surface area contributed by atoms with Crippen LogP contribution in [0.3, 0.4) is 0 Å². The number of halogens is 3. The highest BCUT2D eigenvalue weighted by atomic mass is 32.2. The van der Waals surface area contributed by atoms with E-state index in [9.17, 15) is 37.8 Å². The Morgan fingerprint density at radius 3 is 2.60 bits per heavy atom. The molecule has 0 spiro atoms. The number of rotatable bonds is 6. The van der Waals surface area contributed by atoms with Gasteiger partial charge in [0.25, 0.3) is 5.56 Å². The van der Waals surface area contributed by atoms with Gasteiger partial charge >= 0.3 is 6.18 Å². The molecular formula is C27H25F3N4O5S. The van der Waals surface area contributed by atoms with Gasteiger partial charge in [-0.3, -0.25) is 14.4 Å². The van der Waals surface area contributed by atoms with Crippen molar-refractivity contribution in [3.63, 3.8) is 0 Å². The number of aromatic hydroxyl groups is 1. The maximum Gasteiger partial charge on any atom is 0.416 e. The number of nitrogens with zero attached hydrogens (tertiary/aromatic N) is 3. The minimum absolute atomic E-state index is 0.00854. The molecule has 0 saturated heterocycles. The predicted octanol–water partition coefficient (Wildman–Crippen LogP) is 2.42. The zero-order valence-electron chi connectivity index (χ0n) is 21.0. The number of hydrogen-bond acceptors (Lipinski definition) is 7. The first-order chi connectivity index (χ1) is 19.0. The summed E-state index contributed by atoms with van der Waals surface area (Å²) in [5.41, 5.74) is 0.443. The molecule has 9 nitrogen and oxygen atoms in total. The third-order valence-corrected chi connectivity index (χ3v) is 7.99. The Morgan fingerprint density at radius 1 is 1.15 bits per heavy atom. The molecule has 0 radical (unpaired) electrons. The average Bonchev–Trinajstić information content (AvgIpc) is 3.37. The quantitative estimate of drug-likeness (QED) is 0.387. The lowest BCUT2D eigenvalue weighted by atomic mass is 9.92. The second-order valence-electron chi connectivity index (χ2n) is 9.63. The van der Waals surface area contributed by atoms with Crippen LogP contribution in [0.15, 0.2) is 58.6 Å². The molecular weight excluding hydrogens is 549 g/mol. The third kappa shape index (κ3) is 5.70. The van der Waals surface area contributed by atoms with Crippen molar-refractivity contribution in [1.82, 2.24) is 19.8 Å². The molecule has 3 N–H and O–H groups in total. The summed E-state index contributed by atoms with van der Waals surface area (Å²) in [7, 11) is 0. The van der Waals surface area contributed by atoms with Crippen molar-refractivity contribution in [3.05, 3.63) is 86.8 Å². The Morgan fingerprint density at radius 2 is 1.90 bits per heavy atom. The molecule has 13 heteroatoms. The highest BCUT2D eigenvalue weighted by Gasteiger charge is 2.36. The van der Waals surface area contributed by atoms with Gasteiger partial charge in [0, 0.05) is 37.0 Å². The van der Waals surface area contributed by atoms with Gasteiger partial charge in [0.05, 0.1) is 24.6 Å². The van der Waals surface area contributed by atoms with E-state index in [0.29, 0.717) is 17.3 Å². The van der Waals surface area contributed by atoms with Crippen LogP contribution in [-0.2, 0) is 41.7 Å². The van der Waals surface area contributed by atoms with Gasteiger partial charge in [0.2, 0.25) is 11.8 Å². The molecule has 2 unspecified atom stereocenters. The lowest BCUT2D eigenvalue weighted by Crippen LogP contribution is -2.54. The van der Waals surface area contributed by atoms with Crippen LogP contribution in [-0.4, -0.2) is 54.9 Å². The van der Waals surface area contributed by atoms with Crippen molar-refractivity contribution in [1.29, 1.82) is 0 Å². The van der Waals surface area contributed by atoms with Crippen LogP contribution in [0.1, 0.15) is 33.9 Å². The molecule has 2 amide bonds. The molecule has 3 heterocycles. The maximum absolute atomic E-state index is 13.5. The summed E-state index contributed by atoms with van der Waals surface area (Å²) in [4.78, 5) is 45.0. The number of phenolic OH excluding ortho intramolecular Hbond substituents is 1. The van der Waals surface area contributed by atoms with E-state index in [1.807, 2.05) is 4.57 Å². The van der Waals surface area contributed by atoms with Gasteiger partial charge in [-0.2, -0.15) is 18.2 Å². The number of aliphatic hydroxyl groups excluding tert-OH is 1. The molecule has 2 aromatic carbocycles. The van der Waals surface area contributed by atoms with Crippen molar-refractivity contribution in [2.24, 2.45) is 0 Å². The van der Waals surface area contributed by atoms with Crippen molar-refractivity contribution in [2.75, 3.05) is 12.4 Å². The highest BCUT2D eigenvalue weighted by Crippen LogP contribution is 2.31. The summed E-state index contributed by atoms with van der Waals surface area (Å²) in [6, 6.07) is 6.62. The van der Waals surface area contributed by atoms with E-state index in [1.165, 1.54) is 40.9 Å². The average molecular weight is 575 g/mol. The number of aliphatic hydroxyl groups is 1. The van der Waals surface area contributed by atoms with Crippen LogP contribution in [0.2, 0.25) is 0 Å². The molecule has 2 atom stereocenters. The van der Waals surface area contributed by atoms with Crippen LogP contribution in [0, 0.1) is 0 Å². The van der Waals surface area contributed by atoms with Gasteiger partial charge in [0.15, 0.2) is 5.16 Å². The number of carbonyl (C=O) groups is 2. The van der Waals surface area contributed by atoms with Crippen molar-refractivity contribution in [3.8, 4) is 5.75 Å². The van der Waals surface area contributed by atoms with Crippen LogP contribution in [0.4, 0.5) is 13.2 Å². The first-order valence-electron chi connectivity index (χ1n) is 12.5. The standard InChI is InChI=1S/C27H25F3N4O5S/c28-27(29,30)19-4-1-15(2-5-19)21(14-35)31-25(39)22-10-17-9-20(36)6-3-16(17)13-34(22)23(37)11-18-12-33-7-8-40-26(33)32-24(18)38/h1-6,9,12,21-22,35-36H,7-8,10-11,13-14H2,(H,31,39). The van der Waals surface area contributed by atoms with E-state index < -0.39 is 47.8 Å². The summed E-state index contributed by atoms with van der Waals surface area (Å²) < 4.78 is 40.7. The zero-order valence-corrected chi connectivity index (χ0v) is 21.8. The number of aryl methyl sites for hydroxylation is 1. The molecule has 0 fully saturated rings. The SMILES string of the molecule is O=C(NC(CO)c1ccc(C(F)(F)F)cc1)C1Cc2cc(O)ccc2CN1C(=O)Cc1cn2c(nc1=O)SCC2. The second kappa shape index (κ2) is 11.0. The molecule has 2 aliphatic heterocycles. The van der Waals surface area contributed by atoms with E-state index in [-0.39, 0.29) is 36.3 Å². The summed E-state index contributed by atoms with van der Waals surface area (Å²) >= 11 is 1.45. The smallest absolute Gasteiger partial charge is 0.416 e. The number of hydrogen-bond donors (Lipinski definition) is 3. The monoisotopic (exact) mass is 574 g/mol. The number of benzene rings is 2. The summed E-state index contributed by atoms with van der Waals surface area (Å²) in [6.45, 7) is 0.101. The number of phenols is 1. The Labute approximate surface area is 230 Å². The normalized spacial score (nSPS) is 17.2. The molecule has 5 rings (SSSR count). The van der Waals surface area contributed by atoms with E-state index in [0.717, 1.165) is 23.4 Å². The summed E-state index contributed by atoms with van der Waals surface area (Å²) in [5.74, 6) is -0.362. The number of fused-ring (bicyclic) bond motifs is 2. The third-order valence-electron chi connectivity index (χ3n) is 7.02. The highest BCUT2D eigenvalue weighted by molar-refractivity contribution is 7.99. The van der Waals surface area contributed by atoms with Crippen molar-refractivity contribution < 1.29 is 33.0 Å². The van der Waals surface area contributed by atoms with E-state index in [1.54, 1.807) is 12.3 Å². The van der Waals surface area contributed by atoms with Crippen LogP contribution in [0.5, 0.6) is 5.75 Å². The number of thioether (sulfide) groups is 1. The van der Waals surface area contributed by atoms with Gasteiger partial charge < -0.3 is 25.0 Å². The Hall–Kier alpha value is -3.84. The number of amides is 2. The van der Waals surface area contributed by atoms with Crippen LogP contribution in [0.25, 0.3) is 0 Å². The first-order valence-corrected chi connectivity index (χ1v) is 13.4. The minimum Gasteiger partial charge on any atom is -0.508 e. The number of carbonyl (C=O) groups excluding carboxylic acids is 2. The lowest BCUT2D eigenvalue weighted by molar-refractivity contribution is -0.141. The largest absolute Gasteiger partial charge is 0.508 e. The molecule has 210 valence electrons. The number of nitrogens with one attached hydrogen (secondary N) is 1. The Bertz CT molecular complexity index is 1510. The fourth-order valence-corrected chi connectivity index (χ4v) is 5.82. The Kier molecular flexibility index (Phi) is 7.60. The fourth-order valence-electron chi connectivity index (χ4n) is 4.89. The van der Waals surface area contributed by atoms with Gasteiger partial charge in [-0.25, -0.2) is 0 Å². The van der Waals surface area contributed by atoms with Gasteiger partial charge in [0.1, 0.15) is 11.8 Å². The zero-order chi connectivity index (χ0) is 28.6. The van der Waals surface area contributed by atoms with Crippen molar-refractivity contribution in [2.45, 2.75) is 49.3 Å². The minimum atomic E-state index is -4.53. The van der Waals surface area contributed by atoms with Crippen LogP contribution < -0.4 is 10.9 Å². The van der Waals surface area contributed by atoms with Gasteiger partial charge in [-0.1, -0.05) is 30.0 Å². The number of alkyl halides is 3.